The highest BCUT2D eigenvalue weighted by Gasteiger charge is 2.34. The molecule has 1 unspecified atom stereocenters. The van der Waals surface area contributed by atoms with Gasteiger partial charge in [-0.15, -0.1) is 0 Å². The van der Waals surface area contributed by atoms with E-state index >= 15 is 0 Å². The predicted molar refractivity (Wildman–Crippen MR) is 97.9 cm³/mol. The largest absolute Gasteiger partial charge is 0.357 e. The van der Waals surface area contributed by atoms with Crippen LogP contribution in [-0.2, 0) is 0 Å². The standard InChI is InChI=1S/C19H34N4/c1-2-20-19(21-12-10-16-6-4-3-5-7-16)22-14-17-11-13-23(15-17)18-8-9-18/h6,17-18H,2-5,7-15H2,1H3,(H2,20,21,22). The van der Waals surface area contributed by atoms with Crippen molar-refractivity contribution in [2.75, 3.05) is 32.7 Å². The Morgan fingerprint density at radius 2 is 2.17 bits per heavy atom. The van der Waals surface area contributed by atoms with Gasteiger partial charge in [0.05, 0.1) is 0 Å². The van der Waals surface area contributed by atoms with Crippen LogP contribution in [0.2, 0.25) is 0 Å². The number of allylic oxidation sites excluding steroid dienone is 1. The first kappa shape index (κ1) is 16.8. The van der Waals surface area contributed by atoms with Crippen LogP contribution in [0.4, 0.5) is 0 Å². The molecule has 0 radical (unpaired) electrons. The number of nitrogens with one attached hydrogen (secondary N) is 2. The van der Waals surface area contributed by atoms with Crippen molar-refractivity contribution < 1.29 is 0 Å². The van der Waals surface area contributed by atoms with Gasteiger partial charge in [0, 0.05) is 32.2 Å². The van der Waals surface area contributed by atoms with Gasteiger partial charge in [-0.3, -0.25) is 4.99 Å². The van der Waals surface area contributed by atoms with E-state index in [-0.39, 0.29) is 0 Å². The summed E-state index contributed by atoms with van der Waals surface area (Å²) in [5.41, 5.74) is 1.63. The molecular weight excluding hydrogens is 284 g/mol. The van der Waals surface area contributed by atoms with Crippen molar-refractivity contribution in [3.63, 3.8) is 0 Å². The van der Waals surface area contributed by atoms with E-state index in [9.17, 15) is 0 Å². The lowest BCUT2D eigenvalue weighted by atomic mass is 9.97. The summed E-state index contributed by atoms with van der Waals surface area (Å²) in [6.07, 6.45) is 13.1. The Kier molecular flexibility index (Phi) is 6.37. The molecule has 2 fully saturated rings. The Labute approximate surface area is 141 Å². The molecule has 0 bridgehead atoms. The van der Waals surface area contributed by atoms with Gasteiger partial charge in [-0.2, -0.15) is 0 Å². The maximum Gasteiger partial charge on any atom is 0.191 e. The van der Waals surface area contributed by atoms with E-state index in [1.165, 1.54) is 64.5 Å². The molecular formula is C19H34N4. The SMILES string of the molecule is CCNC(=NCC1CCN(C2CC2)C1)NCCC1=CCCCC1. The van der Waals surface area contributed by atoms with Gasteiger partial charge >= 0.3 is 0 Å². The van der Waals surface area contributed by atoms with Crippen LogP contribution in [-0.4, -0.2) is 49.6 Å². The molecule has 0 aromatic rings. The van der Waals surface area contributed by atoms with Gasteiger partial charge in [0.1, 0.15) is 0 Å². The highest BCUT2D eigenvalue weighted by Crippen LogP contribution is 2.31. The van der Waals surface area contributed by atoms with Crippen molar-refractivity contribution in [3.05, 3.63) is 11.6 Å². The first-order valence-corrected chi connectivity index (χ1v) is 9.79. The Morgan fingerprint density at radius 3 is 2.91 bits per heavy atom. The van der Waals surface area contributed by atoms with Crippen molar-refractivity contribution in [1.82, 2.24) is 15.5 Å². The van der Waals surface area contributed by atoms with Crippen molar-refractivity contribution in [2.24, 2.45) is 10.9 Å². The quantitative estimate of drug-likeness (QED) is 0.431. The fraction of sp³-hybridized carbons (Fsp3) is 0.842. The zero-order valence-electron chi connectivity index (χ0n) is 14.8. The smallest absolute Gasteiger partial charge is 0.191 e. The summed E-state index contributed by atoms with van der Waals surface area (Å²) < 4.78 is 0. The van der Waals surface area contributed by atoms with Gasteiger partial charge in [0.15, 0.2) is 5.96 Å². The van der Waals surface area contributed by atoms with Crippen LogP contribution in [0.15, 0.2) is 16.6 Å². The molecule has 1 atom stereocenters. The zero-order chi connectivity index (χ0) is 15.9. The van der Waals surface area contributed by atoms with Gasteiger partial charge in [-0.1, -0.05) is 11.6 Å². The average molecular weight is 319 g/mol. The van der Waals surface area contributed by atoms with E-state index in [4.69, 9.17) is 4.99 Å². The molecule has 0 aromatic carbocycles. The summed E-state index contributed by atoms with van der Waals surface area (Å²) in [5, 5.41) is 6.92. The van der Waals surface area contributed by atoms with Gasteiger partial charge in [-0.05, 0) is 70.8 Å². The highest BCUT2D eigenvalue weighted by molar-refractivity contribution is 5.79. The molecule has 4 heteroatoms. The monoisotopic (exact) mass is 318 g/mol. The average Bonchev–Trinajstić information content (AvgIpc) is 3.32. The van der Waals surface area contributed by atoms with Gasteiger partial charge in [-0.25, -0.2) is 0 Å². The molecule has 4 nitrogen and oxygen atoms in total. The van der Waals surface area contributed by atoms with Gasteiger partial charge < -0.3 is 15.5 Å². The van der Waals surface area contributed by atoms with Crippen LogP contribution >= 0.6 is 0 Å². The normalized spacial score (nSPS) is 26.2. The molecule has 1 saturated heterocycles. The summed E-state index contributed by atoms with van der Waals surface area (Å²) in [5.74, 6) is 1.76. The van der Waals surface area contributed by atoms with Crippen molar-refractivity contribution >= 4 is 5.96 Å². The van der Waals surface area contributed by atoms with Crippen LogP contribution in [0.3, 0.4) is 0 Å². The van der Waals surface area contributed by atoms with Crippen LogP contribution in [0.1, 0.15) is 58.3 Å². The first-order valence-electron chi connectivity index (χ1n) is 9.79. The van der Waals surface area contributed by atoms with Crippen LogP contribution in [0.5, 0.6) is 0 Å². The Morgan fingerprint density at radius 1 is 1.26 bits per heavy atom. The highest BCUT2D eigenvalue weighted by atomic mass is 15.2. The van der Waals surface area contributed by atoms with Crippen LogP contribution in [0.25, 0.3) is 0 Å². The number of guanidine groups is 1. The third-order valence-electron chi connectivity index (χ3n) is 5.36. The Balaban J connectivity index is 1.39. The molecule has 3 aliphatic rings. The number of hydrogen-bond donors (Lipinski definition) is 2. The summed E-state index contributed by atoms with van der Waals surface area (Å²) in [4.78, 5) is 7.52. The zero-order valence-corrected chi connectivity index (χ0v) is 14.8. The fourth-order valence-electron chi connectivity index (χ4n) is 3.82. The van der Waals surface area contributed by atoms with E-state index in [1.807, 2.05) is 0 Å². The maximum atomic E-state index is 4.84. The molecule has 3 rings (SSSR count). The van der Waals surface area contributed by atoms with Crippen molar-refractivity contribution in [1.29, 1.82) is 0 Å². The minimum absolute atomic E-state index is 0.757. The lowest BCUT2D eigenvalue weighted by Gasteiger charge is -2.16. The third-order valence-corrected chi connectivity index (χ3v) is 5.36. The minimum Gasteiger partial charge on any atom is -0.357 e. The second-order valence-corrected chi connectivity index (χ2v) is 7.39. The number of likely N-dealkylation sites (tertiary alicyclic amines) is 1. The summed E-state index contributed by atoms with van der Waals surface area (Å²) in [6.45, 7) is 7.62. The number of aliphatic imine (C=N–C) groups is 1. The van der Waals surface area contributed by atoms with Crippen molar-refractivity contribution in [2.45, 2.75) is 64.3 Å². The molecule has 1 aliphatic heterocycles. The number of nitrogens with zero attached hydrogens (tertiary/aromatic N) is 2. The molecule has 130 valence electrons. The van der Waals surface area contributed by atoms with E-state index in [1.54, 1.807) is 5.57 Å². The lowest BCUT2D eigenvalue weighted by molar-refractivity contribution is 0.315. The topological polar surface area (TPSA) is 39.7 Å². The summed E-state index contributed by atoms with van der Waals surface area (Å²) in [6, 6.07) is 0.916. The number of rotatable bonds is 7. The molecule has 1 saturated carbocycles. The predicted octanol–water partition coefficient (Wildman–Crippen LogP) is 2.92. The van der Waals surface area contributed by atoms with Gasteiger partial charge in [0.25, 0.3) is 0 Å². The molecule has 0 spiro atoms. The van der Waals surface area contributed by atoms with E-state index in [2.05, 4.69) is 28.5 Å². The molecule has 0 amide bonds. The summed E-state index contributed by atoms with van der Waals surface area (Å²) in [7, 11) is 0. The van der Waals surface area contributed by atoms with Gasteiger partial charge in [0.2, 0.25) is 0 Å². The lowest BCUT2D eigenvalue weighted by Crippen LogP contribution is -2.38. The molecule has 2 aliphatic carbocycles. The molecule has 0 aromatic heterocycles. The van der Waals surface area contributed by atoms with Crippen LogP contribution < -0.4 is 10.6 Å². The van der Waals surface area contributed by atoms with E-state index in [0.29, 0.717) is 0 Å². The Hall–Kier alpha value is -1.03. The maximum absolute atomic E-state index is 4.84. The Bertz CT molecular complexity index is 425. The summed E-state index contributed by atoms with van der Waals surface area (Å²) >= 11 is 0. The fourth-order valence-corrected chi connectivity index (χ4v) is 3.82. The third kappa shape index (κ3) is 5.52. The molecule has 23 heavy (non-hydrogen) atoms. The van der Waals surface area contributed by atoms with Crippen molar-refractivity contribution in [3.8, 4) is 0 Å². The van der Waals surface area contributed by atoms with E-state index < -0.39 is 0 Å². The first-order chi connectivity index (χ1) is 11.3. The van der Waals surface area contributed by atoms with E-state index in [0.717, 1.165) is 37.6 Å². The molecule has 1 heterocycles. The second kappa shape index (κ2) is 8.72. The second-order valence-electron chi connectivity index (χ2n) is 7.39. The molecule has 2 N–H and O–H groups in total. The minimum atomic E-state index is 0.757. The van der Waals surface area contributed by atoms with Crippen LogP contribution in [0, 0.1) is 5.92 Å². The number of hydrogen-bond acceptors (Lipinski definition) is 2.